The number of nitrogens with zero attached hydrogens (tertiary/aromatic N) is 2. The molecule has 9 heteroatoms. The smallest absolute Gasteiger partial charge is 0.270 e. The monoisotopic (exact) mass is 377 g/mol. The third kappa shape index (κ3) is 6.08. The molecular formula is C17H23N5O3S. The number of anilines is 1. The molecule has 0 aliphatic heterocycles. The number of carbonyl (C=O) groups is 1. The van der Waals surface area contributed by atoms with E-state index in [0.717, 1.165) is 5.56 Å². The number of hydrogen-bond donors (Lipinski definition) is 3. The summed E-state index contributed by atoms with van der Waals surface area (Å²) in [5.41, 5.74) is 0.875. The van der Waals surface area contributed by atoms with Gasteiger partial charge in [-0.05, 0) is 51.0 Å². The van der Waals surface area contributed by atoms with Crippen LogP contribution in [-0.2, 0) is 16.4 Å². The molecule has 4 N–H and O–H groups in total. The molecule has 0 bridgehead atoms. The maximum Gasteiger partial charge on any atom is 0.270 e. The van der Waals surface area contributed by atoms with Gasteiger partial charge in [0.2, 0.25) is 16.0 Å². The van der Waals surface area contributed by atoms with Crippen LogP contribution in [0.25, 0.3) is 0 Å². The van der Waals surface area contributed by atoms with E-state index in [9.17, 15) is 13.2 Å². The van der Waals surface area contributed by atoms with Crippen molar-refractivity contribution >= 4 is 21.9 Å². The van der Waals surface area contributed by atoms with Crippen LogP contribution in [0.15, 0.2) is 41.4 Å². The third-order valence-corrected chi connectivity index (χ3v) is 4.25. The topological polar surface area (TPSA) is 127 Å². The molecule has 0 unspecified atom stereocenters. The number of nitrogens with two attached hydrogens (primary N) is 1. The average Bonchev–Trinajstić information content (AvgIpc) is 2.53. The Kier molecular flexibility index (Phi) is 5.94. The minimum Gasteiger partial charge on any atom is -0.354 e. The first kappa shape index (κ1) is 19.8. The molecule has 0 saturated heterocycles. The maximum atomic E-state index is 12.1. The summed E-state index contributed by atoms with van der Waals surface area (Å²) in [4.78, 5) is 20.5. The minimum absolute atomic E-state index is 0.0788. The van der Waals surface area contributed by atoms with Crippen molar-refractivity contribution < 1.29 is 13.2 Å². The maximum absolute atomic E-state index is 12.1. The zero-order valence-electron chi connectivity index (χ0n) is 15.0. The first-order valence-electron chi connectivity index (χ1n) is 8.06. The fourth-order valence-electron chi connectivity index (χ4n) is 2.14. The Morgan fingerprint density at radius 1 is 1.15 bits per heavy atom. The molecule has 0 radical (unpaired) electrons. The standard InChI is InChI=1S/C17H23N5O3S/c1-17(2,3)22-15(23)14-9-11-20-16(21-14)19-10-8-12-4-6-13(7-5-12)26(18,24)25/h4-7,9,11H,8,10H2,1-3H3,(H,22,23)(H2,18,24,25)(H,19,20,21). The summed E-state index contributed by atoms with van der Waals surface area (Å²) < 4.78 is 22.5. The molecular weight excluding hydrogens is 354 g/mol. The van der Waals surface area contributed by atoms with Crippen molar-refractivity contribution in [1.82, 2.24) is 15.3 Å². The number of aromatic nitrogens is 2. The summed E-state index contributed by atoms with van der Waals surface area (Å²) in [5, 5.41) is 11.0. The van der Waals surface area contributed by atoms with Gasteiger partial charge in [-0.3, -0.25) is 4.79 Å². The van der Waals surface area contributed by atoms with Crippen LogP contribution in [0.2, 0.25) is 0 Å². The largest absolute Gasteiger partial charge is 0.354 e. The molecule has 2 aromatic rings. The molecule has 140 valence electrons. The highest BCUT2D eigenvalue weighted by atomic mass is 32.2. The van der Waals surface area contributed by atoms with Crippen molar-refractivity contribution in [1.29, 1.82) is 0 Å². The Balaban J connectivity index is 1.94. The molecule has 0 atom stereocenters. The van der Waals surface area contributed by atoms with Gasteiger partial charge in [0.05, 0.1) is 4.90 Å². The molecule has 26 heavy (non-hydrogen) atoms. The van der Waals surface area contributed by atoms with Crippen LogP contribution >= 0.6 is 0 Å². The van der Waals surface area contributed by atoms with Crippen molar-refractivity contribution in [3.63, 3.8) is 0 Å². The average molecular weight is 377 g/mol. The highest BCUT2D eigenvalue weighted by Gasteiger charge is 2.16. The lowest BCUT2D eigenvalue weighted by Crippen LogP contribution is -2.41. The zero-order valence-corrected chi connectivity index (χ0v) is 15.8. The van der Waals surface area contributed by atoms with Crippen LogP contribution in [0.4, 0.5) is 5.95 Å². The number of hydrogen-bond acceptors (Lipinski definition) is 6. The lowest BCUT2D eigenvalue weighted by Gasteiger charge is -2.20. The molecule has 1 aromatic heterocycles. The van der Waals surface area contributed by atoms with Gasteiger partial charge in [0.1, 0.15) is 5.69 Å². The quantitative estimate of drug-likeness (QED) is 0.696. The summed E-state index contributed by atoms with van der Waals surface area (Å²) >= 11 is 0. The predicted octanol–water partition coefficient (Wildman–Crippen LogP) is 1.31. The first-order chi connectivity index (χ1) is 12.0. The van der Waals surface area contributed by atoms with Crippen molar-refractivity contribution in [2.45, 2.75) is 37.6 Å². The van der Waals surface area contributed by atoms with E-state index in [1.54, 1.807) is 18.2 Å². The molecule has 0 spiro atoms. The highest BCUT2D eigenvalue weighted by molar-refractivity contribution is 7.89. The number of rotatable bonds is 6. The van der Waals surface area contributed by atoms with Crippen LogP contribution in [0.3, 0.4) is 0 Å². The number of sulfonamides is 1. The van der Waals surface area contributed by atoms with Crippen molar-refractivity contribution in [2.75, 3.05) is 11.9 Å². The van der Waals surface area contributed by atoms with Crippen molar-refractivity contribution in [3.8, 4) is 0 Å². The molecule has 1 aromatic carbocycles. The fraction of sp³-hybridized carbons (Fsp3) is 0.353. The van der Waals surface area contributed by atoms with Gasteiger partial charge < -0.3 is 10.6 Å². The Labute approximate surface area is 153 Å². The van der Waals surface area contributed by atoms with Gasteiger partial charge in [-0.25, -0.2) is 23.5 Å². The van der Waals surface area contributed by atoms with Crippen molar-refractivity contribution in [3.05, 3.63) is 47.8 Å². The summed E-state index contributed by atoms with van der Waals surface area (Å²) in [6, 6.07) is 7.90. The van der Waals surface area contributed by atoms with E-state index in [2.05, 4.69) is 20.6 Å². The van der Waals surface area contributed by atoms with Gasteiger partial charge in [-0.2, -0.15) is 0 Å². The molecule has 0 aliphatic carbocycles. The van der Waals surface area contributed by atoms with Gasteiger partial charge in [-0.15, -0.1) is 0 Å². The molecule has 0 fully saturated rings. The second kappa shape index (κ2) is 7.79. The number of nitrogens with one attached hydrogen (secondary N) is 2. The molecule has 2 rings (SSSR count). The van der Waals surface area contributed by atoms with Gasteiger partial charge in [0.25, 0.3) is 5.91 Å². The molecule has 0 aliphatic rings. The minimum atomic E-state index is -3.68. The van der Waals surface area contributed by atoms with Crippen LogP contribution in [0.5, 0.6) is 0 Å². The van der Waals surface area contributed by atoms with Crippen LogP contribution in [0, 0.1) is 0 Å². The number of benzene rings is 1. The second-order valence-corrected chi connectivity index (χ2v) is 8.40. The van der Waals surface area contributed by atoms with E-state index in [0.29, 0.717) is 18.9 Å². The third-order valence-electron chi connectivity index (χ3n) is 3.33. The van der Waals surface area contributed by atoms with Gasteiger partial charge in [-0.1, -0.05) is 12.1 Å². The lowest BCUT2D eigenvalue weighted by molar-refractivity contribution is 0.0914. The number of primary sulfonamides is 1. The van der Waals surface area contributed by atoms with E-state index in [4.69, 9.17) is 5.14 Å². The Morgan fingerprint density at radius 3 is 2.38 bits per heavy atom. The summed E-state index contributed by atoms with van der Waals surface area (Å²) in [6.07, 6.45) is 2.15. The SMILES string of the molecule is CC(C)(C)NC(=O)c1ccnc(NCCc2ccc(S(N)(=O)=O)cc2)n1. The van der Waals surface area contributed by atoms with E-state index in [1.165, 1.54) is 18.3 Å². The Bertz CT molecular complexity index is 874. The normalized spacial score (nSPS) is 11.8. The lowest BCUT2D eigenvalue weighted by atomic mass is 10.1. The molecule has 1 heterocycles. The highest BCUT2D eigenvalue weighted by Crippen LogP contribution is 2.10. The van der Waals surface area contributed by atoms with Crippen LogP contribution < -0.4 is 15.8 Å². The summed E-state index contributed by atoms with van der Waals surface area (Å²) in [6.45, 7) is 6.21. The summed E-state index contributed by atoms with van der Waals surface area (Å²) in [5.74, 6) is 0.0919. The Hall–Kier alpha value is -2.52. The van der Waals surface area contributed by atoms with E-state index in [1.807, 2.05) is 20.8 Å². The first-order valence-corrected chi connectivity index (χ1v) is 9.60. The fourth-order valence-corrected chi connectivity index (χ4v) is 2.65. The second-order valence-electron chi connectivity index (χ2n) is 6.84. The van der Waals surface area contributed by atoms with Gasteiger partial charge in [0, 0.05) is 18.3 Å². The van der Waals surface area contributed by atoms with Gasteiger partial charge >= 0.3 is 0 Å². The van der Waals surface area contributed by atoms with Crippen molar-refractivity contribution in [2.24, 2.45) is 5.14 Å². The van der Waals surface area contributed by atoms with E-state index >= 15 is 0 Å². The molecule has 8 nitrogen and oxygen atoms in total. The number of amides is 1. The van der Waals surface area contributed by atoms with Crippen LogP contribution in [-0.4, -0.2) is 36.4 Å². The van der Waals surface area contributed by atoms with Crippen LogP contribution in [0.1, 0.15) is 36.8 Å². The zero-order chi connectivity index (χ0) is 19.4. The van der Waals surface area contributed by atoms with Gasteiger partial charge in [0.15, 0.2) is 0 Å². The van der Waals surface area contributed by atoms with E-state index < -0.39 is 10.0 Å². The summed E-state index contributed by atoms with van der Waals surface area (Å²) in [7, 11) is -3.68. The number of carbonyl (C=O) groups excluding carboxylic acids is 1. The predicted molar refractivity (Wildman–Crippen MR) is 99.3 cm³/mol. The molecule has 1 amide bonds. The van der Waals surface area contributed by atoms with E-state index in [-0.39, 0.29) is 22.0 Å². The molecule has 0 saturated carbocycles. The Morgan fingerprint density at radius 2 is 1.81 bits per heavy atom.